The van der Waals surface area contributed by atoms with Gasteiger partial charge in [-0.25, -0.2) is 15.0 Å². The average molecular weight is 318 g/mol. The summed E-state index contributed by atoms with van der Waals surface area (Å²) >= 11 is 0. The van der Waals surface area contributed by atoms with Crippen molar-refractivity contribution >= 4 is 0 Å². The molecule has 0 N–H and O–H groups in total. The van der Waals surface area contributed by atoms with Crippen LogP contribution in [0.15, 0.2) is 49.1 Å². The van der Waals surface area contributed by atoms with Crippen molar-refractivity contribution in [2.75, 3.05) is 13.2 Å². The van der Waals surface area contributed by atoms with Crippen LogP contribution in [-0.2, 0) is 10.3 Å². The van der Waals surface area contributed by atoms with Crippen molar-refractivity contribution in [1.82, 2.24) is 19.5 Å². The molecule has 0 radical (unpaired) electrons. The van der Waals surface area contributed by atoms with Crippen LogP contribution in [0.3, 0.4) is 0 Å². The summed E-state index contributed by atoms with van der Waals surface area (Å²) in [5.41, 5.74) is 4.26. The number of aryl methyl sites for hydroxylation is 1. The standard InChI is InChI=1S/C19H18N4O/c1-13-20-8-15(9-21-13)18-17(14-5-3-2-4-6-14)22-12-23(18)19-7-16(19)10-24-11-19/h2-6,8-9,12,16H,7,10-11H2,1H3/t16-,19+/m1/s1. The van der Waals surface area contributed by atoms with E-state index in [4.69, 9.17) is 9.72 Å². The zero-order chi connectivity index (χ0) is 16.1. The lowest BCUT2D eigenvalue weighted by Crippen LogP contribution is -2.21. The highest BCUT2D eigenvalue weighted by Gasteiger charge is 2.60. The average Bonchev–Trinajstić information content (AvgIpc) is 2.98. The molecule has 2 aromatic heterocycles. The maximum absolute atomic E-state index is 5.71. The quantitative estimate of drug-likeness (QED) is 0.745. The number of fused-ring (bicyclic) bond motifs is 1. The zero-order valence-electron chi connectivity index (χ0n) is 13.5. The highest BCUT2D eigenvalue weighted by molar-refractivity contribution is 5.78. The number of benzene rings is 1. The van der Waals surface area contributed by atoms with Gasteiger partial charge in [0, 0.05) is 29.4 Å². The predicted octanol–water partition coefficient (Wildman–Crippen LogP) is 3.06. The van der Waals surface area contributed by atoms with E-state index in [1.807, 2.05) is 43.8 Å². The number of ether oxygens (including phenoxy) is 1. The Bertz CT molecular complexity index is 887. The molecule has 1 saturated heterocycles. The van der Waals surface area contributed by atoms with Crippen molar-refractivity contribution < 1.29 is 4.74 Å². The van der Waals surface area contributed by atoms with Gasteiger partial charge in [0.05, 0.1) is 36.5 Å². The molecule has 120 valence electrons. The first-order valence-electron chi connectivity index (χ1n) is 8.28. The van der Waals surface area contributed by atoms with Gasteiger partial charge >= 0.3 is 0 Å². The second kappa shape index (κ2) is 4.98. The van der Waals surface area contributed by atoms with Crippen molar-refractivity contribution in [3.05, 3.63) is 54.9 Å². The number of hydrogen-bond acceptors (Lipinski definition) is 4. The molecule has 0 bridgehead atoms. The van der Waals surface area contributed by atoms with Gasteiger partial charge < -0.3 is 9.30 Å². The third kappa shape index (κ3) is 1.94. The Kier molecular flexibility index (Phi) is 2.88. The molecule has 0 amide bonds. The SMILES string of the molecule is Cc1ncc(-c2c(-c3ccccc3)ncn2[C@@]23COC[C@H]2C3)cn1. The topological polar surface area (TPSA) is 52.8 Å². The minimum absolute atomic E-state index is 0.0697. The Morgan fingerprint density at radius 3 is 2.54 bits per heavy atom. The van der Waals surface area contributed by atoms with E-state index in [9.17, 15) is 0 Å². The Labute approximate surface area is 140 Å². The molecule has 2 atom stereocenters. The lowest BCUT2D eigenvalue weighted by Gasteiger charge is -2.18. The number of aromatic nitrogens is 4. The fraction of sp³-hybridized carbons (Fsp3) is 0.316. The first kappa shape index (κ1) is 13.9. The number of imidazole rings is 1. The molecule has 1 aliphatic heterocycles. The number of hydrogen-bond donors (Lipinski definition) is 0. The molecule has 2 fully saturated rings. The van der Waals surface area contributed by atoms with E-state index in [0.29, 0.717) is 5.92 Å². The van der Waals surface area contributed by atoms with Crippen LogP contribution >= 0.6 is 0 Å². The molecule has 5 heteroatoms. The first-order valence-corrected chi connectivity index (χ1v) is 8.28. The van der Waals surface area contributed by atoms with Crippen LogP contribution in [0, 0.1) is 12.8 Å². The Balaban J connectivity index is 1.72. The van der Waals surface area contributed by atoms with Gasteiger partial charge in [-0.05, 0) is 13.3 Å². The second-order valence-electron chi connectivity index (χ2n) is 6.72. The normalized spacial score (nSPS) is 24.8. The van der Waals surface area contributed by atoms with Crippen molar-refractivity contribution in [3.8, 4) is 22.5 Å². The molecular formula is C19H18N4O. The second-order valence-corrected chi connectivity index (χ2v) is 6.72. The highest BCUT2D eigenvalue weighted by Crippen LogP contribution is 2.56. The molecule has 1 aromatic carbocycles. The molecule has 0 unspecified atom stereocenters. The third-order valence-electron chi connectivity index (χ3n) is 5.22. The maximum atomic E-state index is 5.71. The fourth-order valence-corrected chi connectivity index (χ4v) is 3.79. The van der Waals surface area contributed by atoms with Crippen LogP contribution in [0.1, 0.15) is 12.2 Å². The molecule has 5 nitrogen and oxygen atoms in total. The van der Waals surface area contributed by atoms with Gasteiger partial charge in [0.1, 0.15) is 5.82 Å². The summed E-state index contributed by atoms with van der Waals surface area (Å²) in [5, 5.41) is 0. The van der Waals surface area contributed by atoms with Gasteiger partial charge in [-0.2, -0.15) is 0 Å². The lowest BCUT2D eigenvalue weighted by molar-refractivity contribution is 0.148. The molecule has 2 aliphatic rings. The van der Waals surface area contributed by atoms with Gasteiger partial charge in [-0.3, -0.25) is 0 Å². The largest absolute Gasteiger partial charge is 0.379 e. The van der Waals surface area contributed by atoms with Crippen LogP contribution in [0.2, 0.25) is 0 Å². The van der Waals surface area contributed by atoms with Crippen LogP contribution in [0.25, 0.3) is 22.5 Å². The number of nitrogens with zero attached hydrogens (tertiary/aromatic N) is 4. The van der Waals surface area contributed by atoms with E-state index in [0.717, 1.165) is 48.0 Å². The van der Waals surface area contributed by atoms with Crippen LogP contribution in [0.5, 0.6) is 0 Å². The third-order valence-corrected chi connectivity index (χ3v) is 5.22. The Morgan fingerprint density at radius 1 is 1.08 bits per heavy atom. The molecule has 5 rings (SSSR count). The molecule has 3 aromatic rings. The molecule has 1 saturated carbocycles. The minimum Gasteiger partial charge on any atom is -0.379 e. The van der Waals surface area contributed by atoms with Gasteiger partial charge in [0.25, 0.3) is 0 Å². The van der Waals surface area contributed by atoms with Gasteiger partial charge in [0.2, 0.25) is 0 Å². The van der Waals surface area contributed by atoms with Gasteiger partial charge in [0.15, 0.2) is 0 Å². The summed E-state index contributed by atoms with van der Waals surface area (Å²) in [7, 11) is 0. The Hall–Kier alpha value is -2.53. The van der Waals surface area contributed by atoms with Crippen molar-refractivity contribution in [1.29, 1.82) is 0 Å². The zero-order valence-corrected chi connectivity index (χ0v) is 13.5. The van der Waals surface area contributed by atoms with Crippen molar-refractivity contribution in [2.45, 2.75) is 18.9 Å². The van der Waals surface area contributed by atoms with Gasteiger partial charge in [-0.15, -0.1) is 0 Å². The molecule has 0 spiro atoms. The summed E-state index contributed by atoms with van der Waals surface area (Å²) in [4.78, 5) is 13.5. The van der Waals surface area contributed by atoms with E-state index in [-0.39, 0.29) is 5.54 Å². The van der Waals surface area contributed by atoms with E-state index in [1.165, 1.54) is 0 Å². The van der Waals surface area contributed by atoms with Crippen molar-refractivity contribution in [2.24, 2.45) is 5.92 Å². The van der Waals surface area contributed by atoms with E-state index in [1.54, 1.807) is 0 Å². The minimum atomic E-state index is 0.0697. The molecular weight excluding hydrogens is 300 g/mol. The first-order chi connectivity index (χ1) is 11.8. The Morgan fingerprint density at radius 2 is 1.88 bits per heavy atom. The monoisotopic (exact) mass is 318 g/mol. The molecule has 3 heterocycles. The fourth-order valence-electron chi connectivity index (χ4n) is 3.79. The molecule has 1 aliphatic carbocycles. The summed E-state index contributed by atoms with van der Waals surface area (Å²) in [5.74, 6) is 1.37. The molecule has 24 heavy (non-hydrogen) atoms. The number of rotatable bonds is 3. The summed E-state index contributed by atoms with van der Waals surface area (Å²) in [6, 6.07) is 10.3. The van der Waals surface area contributed by atoms with Crippen LogP contribution in [0.4, 0.5) is 0 Å². The van der Waals surface area contributed by atoms with E-state index in [2.05, 4.69) is 26.7 Å². The summed E-state index contributed by atoms with van der Waals surface area (Å²) in [6.07, 6.45) is 6.92. The maximum Gasteiger partial charge on any atom is 0.125 e. The predicted molar refractivity (Wildman–Crippen MR) is 90.3 cm³/mol. The summed E-state index contributed by atoms with van der Waals surface area (Å²) in [6.45, 7) is 3.52. The van der Waals surface area contributed by atoms with Crippen LogP contribution in [-0.4, -0.2) is 32.7 Å². The summed E-state index contributed by atoms with van der Waals surface area (Å²) < 4.78 is 8.02. The smallest absolute Gasteiger partial charge is 0.125 e. The van der Waals surface area contributed by atoms with Gasteiger partial charge in [-0.1, -0.05) is 30.3 Å². The van der Waals surface area contributed by atoms with E-state index < -0.39 is 0 Å². The van der Waals surface area contributed by atoms with Crippen molar-refractivity contribution in [3.63, 3.8) is 0 Å². The van der Waals surface area contributed by atoms with E-state index >= 15 is 0 Å². The lowest BCUT2D eigenvalue weighted by atomic mass is 10.1. The van der Waals surface area contributed by atoms with Crippen LogP contribution < -0.4 is 0 Å². The highest BCUT2D eigenvalue weighted by atomic mass is 16.5.